The molecule has 0 bridgehead atoms. The predicted octanol–water partition coefficient (Wildman–Crippen LogP) is 4.37. The first-order valence-corrected chi connectivity index (χ1v) is 12.5. The van der Waals surface area contributed by atoms with Crippen LogP contribution in [0.5, 0.6) is 0 Å². The van der Waals surface area contributed by atoms with Crippen LogP contribution in [0.25, 0.3) is 10.2 Å². The molecule has 0 aliphatic heterocycles. The zero-order valence-corrected chi connectivity index (χ0v) is 18.7. The maximum Gasteiger partial charge on any atom is 0.230 e. The number of sulfone groups is 1. The Labute approximate surface area is 189 Å². The number of hydrogen-bond acceptors (Lipinski definition) is 6. The minimum absolute atomic E-state index is 0.129. The average molecular weight is 470 g/mol. The molecule has 0 fully saturated rings. The number of amides is 1. The first kappa shape index (κ1) is 22.0. The second-order valence-corrected chi connectivity index (χ2v) is 10.4. The summed E-state index contributed by atoms with van der Waals surface area (Å²) < 4.78 is 39.9. The molecular formula is C23H20FN3O3S2. The molecule has 32 heavy (non-hydrogen) atoms. The van der Waals surface area contributed by atoms with Gasteiger partial charge in [0.2, 0.25) is 5.91 Å². The summed E-state index contributed by atoms with van der Waals surface area (Å²) in [6.07, 6.45) is 3.05. The van der Waals surface area contributed by atoms with Crippen molar-refractivity contribution < 1.29 is 17.6 Å². The number of thiazole rings is 1. The highest BCUT2D eigenvalue weighted by Gasteiger charge is 2.23. The molecule has 164 valence electrons. The van der Waals surface area contributed by atoms with Gasteiger partial charge in [0.15, 0.2) is 15.0 Å². The van der Waals surface area contributed by atoms with Crippen LogP contribution in [-0.4, -0.2) is 30.0 Å². The Hall–Kier alpha value is -3.17. The number of aromatic nitrogens is 2. The summed E-state index contributed by atoms with van der Waals surface area (Å²) in [6.45, 7) is 0.160. The summed E-state index contributed by atoms with van der Waals surface area (Å²) >= 11 is 1.19. The number of halogens is 1. The Morgan fingerprint density at radius 3 is 2.50 bits per heavy atom. The molecule has 2 aromatic heterocycles. The Balaban J connectivity index is 1.56. The van der Waals surface area contributed by atoms with Crippen molar-refractivity contribution in [3.05, 3.63) is 90.0 Å². The van der Waals surface area contributed by atoms with E-state index in [0.717, 1.165) is 5.56 Å². The van der Waals surface area contributed by atoms with Crippen molar-refractivity contribution in [2.75, 3.05) is 10.7 Å². The van der Waals surface area contributed by atoms with Crippen LogP contribution < -0.4 is 4.90 Å². The highest BCUT2D eigenvalue weighted by molar-refractivity contribution is 7.90. The van der Waals surface area contributed by atoms with Crippen molar-refractivity contribution in [3.8, 4) is 0 Å². The molecule has 0 saturated carbocycles. The first-order chi connectivity index (χ1) is 15.4. The second-order valence-electron chi connectivity index (χ2n) is 7.25. The zero-order valence-electron chi connectivity index (χ0n) is 17.0. The monoisotopic (exact) mass is 469 g/mol. The number of carbonyl (C=O) groups is 1. The third-order valence-electron chi connectivity index (χ3n) is 4.81. The normalized spacial score (nSPS) is 11.5. The number of anilines is 1. The van der Waals surface area contributed by atoms with E-state index in [0.29, 0.717) is 15.4 Å². The molecule has 0 unspecified atom stereocenters. The van der Waals surface area contributed by atoms with Crippen LogP contribution in [0.15, 0.2) is 73.1 Å². The lowest BCUT2D eigenvalue weighted by Gasteiger charge is -2.20. The van der Waals surface area contributed by atoms with Crippen LogP contribution in [0.2, 0.25) is 0 Å². The van der Waals surface area contributed by atoms with E-state index >= 15 is 0 Å². The SMILES string of the molecule is O=C(CCS(=O)(=O)Cc1ccccc1)N(Cc1cccnc1)c1nc2c(F)cccc2s1. The van der Waals surface area contributed by atoms with Gasteiger partial charge in [0.1, 0.15) is 11.3 Å². The maximum absolute atomic E-state index is 14.2. The largest absolute Gasteiger partial charge is 0.284 e. The van der Waals surface area contributed by atoms with Crippen LogP contribution in [0.4, 0.5) is 9.52 Å². The van der Waals surface area contributed by atoms with E-state index in [1.165, 1.54) is 22.3 Å². The van der Waals surface area contributed by atoms with Crippen molar-refractivity contribution in [2.45, 2.75) is 18.7 Å². The number of fused-ring (bicyclic) bond motifs is 1. The van der Waals surface area contributed by atoms with Crippen LogP contribution in [0.1, 0.15) is 17.5 Å². The van der Waals surface area contributed by atoms with Crippen molar-refractivity contribution in [3.63, 3.8) is 0 Å². The molecular weight excluding hydrogens is 449 g/mol. The van der Waals surface area contributed by atoms with Crippen molar-refractivity contribution in [1.29, 1.82) is 0 Å². The minimum Gasteiger partial charge on any atom is -0.284 e. The molecule has 0 N–H and O–H groups in total. The molecule has 0 aliphatic carbocycles. The smallest absolute Gasteiger partial charge is 0.230 e. The minimum atomic E-state index is -3.49. The number of carbonyl (C=O) groups excluding carboxylic acids is 1. The van der Waals surface area contributed by atoms with E-state index in [2.05, 4.69) is 9.97 Å². The van der Waals surface area contributed by atoms with Crippen LogP contribution >= 0.6 is 11.3 Å². The van der Waals surface area contributed by atoms with Gasteiger partial charge in [-0.2, -0.15) is 0 Å². The lowest BCUT2D eigenvalue weighted by Crippen LogP contribution is -2.32. The van der Waals surface area contributed by atoms with Crippen molar-refractivity contribution >= 4 is 42.4 Å². The van der Waals surface area contributed by atoms with E-state index < -0.39 is 21.6 Å². The average Bonchev–Trinajstić information content (AvgIpc) is 3.22. The third-order valence-corrected chi connectivity index (χ3v) is 7.45. The second kappa shape index (κ2) is 9.54. The molecule has 0 atom stereocenters. The lowest BCUT2D eigenvalue weighted by atomic mass is 10.2. The number of para-hydroxylation sites is 1. The molecule has 0 radical (unpaired) electrons. The highest BCUT2D eigenvalue weighted by Crippen LogP contribution is 2.31. The molecule has 0 spiro atoms. The van der Waals surface area contributed by atoms with Gasteiger partial charge in [-0.1, -0.05) is 53.8 Å². The molecule has 6 nitrogen and oxygen atoms in total. The fourth-order valence-corrected chi connectivity index (χ4v) is 5.56. The van der Waals surface area contributed by atoms with Crippen molar-refractivity contribution in [1.82, 2.24) is 9.97 Å². The molecule has 2 heterocycles. The first-order valence-electron chi connectivity index (χ1n) is 9.90. The van der Waals surface area contributed by atoms with Crippen molar-refractivity contribution in [2.24, 2.45) is 0 Å². The molecule has 4 aromatic rings. The van der Waals surface area contributed by atoms with Gasteiger partial charge in [-0.25, -0.2) is 17.8 Å². The van der Waals surface area contributed by atoms with Gasteiger partial charge in [0.25, 0.3) is 0 Å². The van der Waals surface area contributed by atoms with Crippen LogP contribution in [0.3, 0.4) is 0 Å². The van der Waals surface area contributed by atoms with Gasteiger partial charge in [-0.3, -0.25) is 14.7 Å². The van der Waals surface area contributed by atoms with Gasteiger partial charge >= 0.3 is 0 Å². The Bertz CT molecular complexity index is 1330. The van der Waals surface area contributed by atoms with E-state index in [1.807, 2.05) is 12.1 Å². The standard InChI is InChI=1S/C23H20FN3O3S2/c24-19-9-4-10-20-22(19)26-23(31-20)27(15-18-8-5-12-25-14-18)21(28)11-13-32(29,30)16-17-6-2-1-3-7-17/h1-10,12,14H,11,13,15-16H2. The van der Waals surface area contributed by atoms with E-state index in [-0.39, 0.29) is 30.0 Å². The van der Waals surface area contributed by atoms with Crippen LogP contribution in [-0.2, 0) is 26.9 Å². The fraction of sp³-hybridized carbons (Fsp3) is 0.174. The summed E-state index contributed by atoms with van der Waals surface area (Å²) in [6, 6.07) is 17.0. The molecule has 4 rings (SSSR count). The fourth-order valence-electron chi connectivity index (χ4n) is 3.23. The predicted molar refractivity (Wildman–Crippen MR) is 124 cm³/mol. The van der Waals surface area contributed by atoms with E-state index in [4.69, 9.17) is 0 Å². The van der Waals surface area contributed by atoms with Gasteiger partial charge in [-0.15, -0.1) is 0 Å². The molecule has 0 saturated heterocycles. The molecule has 9 heteroatoms. The Morgan fingerprint density at radius 1 is 1.00 bits per heavy atom. The lowest BCUT2D eigenvalue weighted by molar-refractivity contribution is -0.118. The van der Waals surface area contributed by atoms with Gasteiger partial charge in [0.05, 0.1) is 22.8 Å². The number of benzene rings is 2. The third kappa shape index (κ3) is 5.35. The van der Waals surface area contributed by atoms with Gasteiger partial charge < -0.3 is 0 Å². The summed E-state index contributed by atoms with van der Waals surface area (Å²) in [7, 11) is -3.49. The summed E-state index contributed by atoms with van der Waals surface area (Å²) in [5.41, 5.74) is 1.62. The highest BCUT2D eigenvalue weighted by atomic mass is 32.2. The number of nitrogens with zero attached hydrogens (tertiary/aromatic N) is 3. The molecule has 0 aliphatic rings. The quantitative estimate of drug-likeness (QED) is 0.383. The number of pyridine rings is 1. The maximum atomic E-state index is 14.2. The summed E-state index contributed by atoms with van der Waals surface area (Å²) in [4.78, 5) is 22.9. The number of hydrogen-bond donors (Lipinski definition) is 0. The Morgan fingerprint density at radius 2 is 1.78 bits per heavy atom. The summed E-state index contributed by atoms with van der Waals surface area (Å²) in [5.74, 6) is -1.28. The Kier molecular flexibility index (Phi) is 6.57. The molecule has 2 aromatic carbocycles. The van der Waals surface area contributed by atoms with Gasteiger partial charge in [-0.05, 0) is 29.3 Å². The van der Waals surface area contributed by atoms with Gasteiger partial charge in [0, 0.05) is 18.8 Å². The topological polar surface area (TPSA) is 80.2 Å². The van der Waals surface area contributed by atoms with Crippen LogP contribution in [0, 0.1) is 5.82 Å². The van der Waals surface area contributed by atoms with E-state index in [9.17, 15) is 17.6 Å². The zero-order chi connectivity index (χ0) is 22.6. The summed E-state index contributed by atoms with van der Waals surface area (Å²) in [5, 5.41) is 0.319. The number of rotatable bonds is 8. The molecule has 1 amide bonds. The van der Waals surface area contributed by atoms with E-state index in [1.54, 1.807) is 54.9 Å².